The van der Waals surface area contributed by atoms with Gasteiger partial charge in [0.05, 0.1) is 16.4 Å². The Morgan fingerprint density at radius 1 is 1.07 bits per heavy atom. The first kappa shape index (κ1) is 20.4. The van der Waals surface area contributed by atoms with Crippen LogP contribution in [0.5, 0.6) is 0 Å². The molecule has 0 saturated heterocycles. The molecule has 0 spiro atoms. The first-order valence-electron chi connectivity index (χ1n) is 9.70. The SMILES string of the molecule is CCCCCCSC1N=C(c2ccccc2Cl)c2nc(Cl)ccc2-n2cnnc21. The van der Waals surface area contributed by atoms with Gasteiger partial charge in [-0.25, -0.2) is 4.98 Å². The second-order valence-electron chi connectivity index (χ2n) is 6.80. The lowest BCUT2D eigenvalue weighted by Crippen LogP contribution is -2.10. The van der Waals surface area contributed by atoms with Crippen molar-refractivity contribution < 1.29 is 0 Å². The zero-order chi connectivity index (χ0) is 20.2. The van der Waals surface area contributed by atoms with E-state index in [0.29, 0.717) is 15.9 Å². The Bertz CT molecular complexity index is 1030. The van der Waals surface area contributed by atoms with Gasteiger partial charge in [-0.3, -0.25) is 9.56 Å². The zero-order valence-corrected chi connectivity index (χ0v) is 18.4. The minimum absolute atomic E-state index is 0.196. The van der Waals surface area contributed by atoms with Gasteiger partial charge in [0.15, 0.2) is 11.2 Å². The van der Waals surface area contributed by atoms with Gasteiger partial charge in [0, 0.05) is 5.56 Å². The first-order chi connectivity index (χ1) is 14.2. The van der Waals surface area contributed by atoms with E-state index in [0.717, 1.165) is 35.0 Å². The second-order valence-corrected chi connectivity index (χ2v) is 8.78. The molecule has 0 radical (unpaired) electrons. The molecule has 1 aliphatic heterocycles. The van der Waals surface area contributed by atoms with E-state index in [2.05, 4.69) is 22.1 Å². The fourth-order valence-corrected chi connectivity index (χ4v) is 4.77. The van der Waals surface area contributed by atoms with Crippen molar-refractivity contribution in [2.45, 2.75) is 38.0 Å². The Kier molecular flexibility index (Phi) is 6.53. The van der Waals surface area contributed by atoms with Crippen molar-refractivity contribution in [3.05, 3.63) is 70.0 Å². The molecule has 1 unspecified atom stereocenters. The maximum atomic E-state index is 6.53. The average molecular weight is 446 g/mol. The van der Waals surface area contributed by atoms with Crippen molar-refractivity contribution in [3.8, 4) is 5.69 Å². The van der Waals surface area contributed by atoms with Crippen LogP contribution in [0.25, 0.3) is 5.69 Å². The smallest absolute Gasteiger partial charge is 0.172 e. The minimum atomic E-state index is -0.196. The molecule has 0 aliphatic carbocycles. The highest BCUT2D eigenvalue weighted by molar-refractivity contribution is 7.99. The quantitative estimate of drug-likeness (QED) is 0.324. The number of hydrogen-bond acceptors (Lipinski definition) is 5. The summed E-state index contributed by atoms with van der Waals surface area (Å²) in [6.07, 6.45) is 6.56. The van der Waals surface area contributed by atoms with Crippen LogP contribution in [-0.2, 0) is 0 Å². The van der Waals surface area contributed by atoms with Crippen LogP contribution in [-0.4, -0.2) is 31.2 Å². The highest BCUT2D eigenvalue weighted by Gasteiger charge is 2.28. The van der Waals surface area contributed by atoms with Crippen molar-refractivity contribution in [1.82, 2.24) is 19.7 Å². The molecule has 0 amide bonds. The van der Waals surface area contributed by atoms with Crippen molar-refractivity contribution in [2.75, 3.05) is 5.75 Å². The van der Waals surface area contributed by atoms with Crippen LogP contribution in [0.15, 0.2) is 47.7 Å². The number of rotatable bonds is 7. The van der Waals surface area contributed by atoms with E-state index < -0.39 is 0 Å². The van der Waals surface area contributed by atoms with E-state index in [9.17, 15) is 0 Å². The van der Waals surface area contributed by atoms with Gasteiger partial charge in [-0.1, -0.05) is 67.6 Å². The summed E-state index contributed by atoms with van der Waals surface area (Å²) < 4.78 is 1.95. The van der Waals surface area contributed by atoms with E-state index >= 15 is 0 Å². The average Bonchev–Trinajstić information content (AvgIpc) is 3.16. The number of nitrogens with zero attached hydrogens (tertiary/aromatic N) is 5. The second kappa shape index (κ2) is 9.28. The largest absolute Gasteiger partial charge is 0.281 e. The van der Waals surface area contributed by atoms with Crippen molar-refractivity contribution in [3.63, 3.8) is 0 Å². The van der Waals surface area contributed by atoms with E-state index in [-0.39, 0.29) is 5.37 Å². The van der Waals surface area contributed by atoms with Crippen LogP contribution in [0.2, 0.25) is 10.2 Å². The van der Waals surface area contributed by atoms with E-state index in [1.54, 1.807) is 24.2 Å². The summed E-state index contributed by atoms with van der Waals surface area (Å²) in [5, 5.41) is 9.35. The highest BCUT2D eigenvalue weighted by Crippen LogP contribution is 2.37. The molecule has 8 heteroatoms. The summed E-state index contributed by atoms with van der Waals surface area (Å²) in [6.45, 7) is 2.22. The van der Waals surface area contributed by atoms with E-state index in [1.165, 1.54) is 19.3 Å². The Labute approximate surface area is 184 Å². The van der Waals surface area contributed by atoms with Gasteiger partial charge in [0.25, 0.3) is 0 Å². The number of pyridine rings is 1. The van der Waals surface area contributed by atoms with Crippen LogP contribution >= 0.6 is 35.0 Å². The molecule has 1 atom stereocenters. The summed E-state index contributed by atoms with van der Waals surface area (Å²) in [6, 6.07) is 11.4. The third-order valence-electron chi connectivity index (χ3n) is 4.77. The molecule has 1 aliphatic rings. The lowest BCUT2D eigenvalue weighted by Gasteiger charge is -2.12. The van der Waals surface area contributed by atoms with E-state index in [4.69, 9.17) is 28.2 Å². The molecule has 150 valence electrons. The molecular formula is C21H21Cl2N5S. The Morgan fingerprint density at radius 2 is 1.93 bits per heavy atom. The molecule has 0 fully saturated rings. The van der Waals surface area contributed by atoms with Crippen LogP contribution in [0.3, 0.4) is 0 Å². The normalized spacial score (nSPS) is 15.4. The van der Waals surface area contributed by atoms with Crippen LogP contribution < -0.4 is 0 Å². The molecule has 0 saturated carbocycles. The number of thioether (sulfide) groups is 1. The first-order valence-corrected chi connectivity index (χ1v) is 11.5. The molecule has 3 aromatic rings. The van der Waals surface area contributed by atoms with Crippen molar-refractivity contribution >= 4 is 40.7 Å². The predicted octanol–water partition coefficient (Wildman–Crippen LogP) is 6.13. The fourth-order valence-electron chi connectivity index (χ4n) is 3.32. The Balaban J connectivity index is 1.79. The van der Waals surface area contributed by atoms with Gasteiger partial charge < -0.3 is 0 Å². The van der Waals surface area contributed by atoms with Crippen LogP contribution in [0.1, 0.15) is 55.1 Å². The van der Waals surface area contributed by atoms with Crippen LogP contribution in [0.4, 0.5) is 0 Å². The summed E-state index contributed by atoms with van der Waals surface area (Å²) in [5.41, 5.74) is 3.09. The Hall–Kier alpha value is -1.89. The lowest BCUT2D eigenvalue weighted by molar-refractivity contribution is 0.705. The van der Waals surface area contributed by atoms with Gasteiger partial charge in [0.1, 0.15) is 17.2 Å². The van der Waals surface area contributed by atoms with Gasteiger partial charge in [-0.15, -0.1) is 22.0 Å². The van der Waals surface area contributed by atoms with Crippen molar-refractivity contribution in [1.29, 1.82) is 0 Å². The monoisotopic (exact) mass is 445 g/mol. The van der Waals surface area contributed by atoms with E-state index in [1.807, 2.05) is 34.9 Å². The van der Waals surface area contributed by atoms with Crippen molar-refractivity contribution in [2.24, 2.45) is 4.99 Å². The maximum absolute atomic E-state index is 6.53. The summed E-state index contributed by atoms with van der Waals surface area (Å²) in [7, 11) is 0. The molecule has 29 heavy (non-hydrogen) atoms. The minimum Gasteiger partial charge on any atom is -0.281 e. The topological polar surface area (TPSA) is 56.0 Å². The number of unbranched alkanes of at least 4 members (excludes halogenated alkanes) is 3. The number of aromatic nitrogens is 4. The van der Waals surface area contributed by atoms with Crippen LogP contribution in [0, 0.1) is 0 Å². The number of benzene rings is 1. The van der Waals surface area contributed by atoms with Gasteiger partial charge >= 0.3 is 0 Å². The zero-order valence-electron chi connectivity index (χ0n) is 16.1. The summed E-state index contributed by atoms with van der Waals surface area (Å²) in [5.74, 6) is 1.79. The maximum Gasteiger partial charge on any atom is 0.172 e. The Morgan fingerprint density at radius 3 is 2.76 bits per heavy atom. The fraction of sp³-hybridized carbons (Fsp3) is 0.333. The molecule has 2 aromatic heterocycles. The third kappa shape index (κ3) is 4.34. The number of hydrogen-bond donors (Lipinski definition) is 0. The number of aliphatic imine (C=N–C) groups is 1. The molecule has 1 aromatic carbocycles. The highest BCUT2D eigenvalue weighted by atomic mass is 35.5. The van der Waals surface area contributed by atoms with Gasteiger partial charge in [-0.2, -0.15) is 0 Å². The summed E-state index contributed by atoms with van der Waals surface area (Å²) in [4.78, 5) is 9.67. The lowest BCUT2D eigenvalue weighted by atomic mass is 10.1. The standard InChI is InChI=1S/C21H21Cl2N5S/c1-2-3-4-7-12-29-21-20-27-24-13-28(20)16-10-11-17(23)25-19(16)18(26-21)14-8-5-6-9-15(14)22/h5-6,8-11,13,21H,2-4,7,12H2,1H3. The number of fused-ring (bicyclic) bond motifs is 3. The van der Waals surface area contributed by atoms with Gasteiger partial charge in [0.2, 0.25) is 0 Å². The molecular weight excluding hydrogens is 425 g/mol. The molecule has 3 heterocycles. The predicted molar refractivity (Wildman–Crippen MR) is 121 cm³/mol. The third-order valence-corrected chi connectivity index (χ3v) is 6.46. The molecule has 0 N–H and O–H groups in total. The number of halogens is 2. The van der Waals surface area contributed by atoms with Gasteiger partial charge in [-0.05, 0) is 30.4 Å². The summed E-state index contributed by atoms with van der Waals surface area (Å²) >= 11 is 14.5. The molecule has 5 nitrogen and oxygen atoms in total. The molecule has 0 bridgehead atoms. The molecule has 4 rings (SSSR count).